The fourth-order valence-corrected chi connectivity index (χ4v) is 2.76. The number of imide groups is 1. The standard InChI is InChI=1S/C18H23N3O6/c1-21(13-5-6-15(23)20-17(13)24)18(25)16-12(11-22)3-2-4-14(16)27-10-9-26-8-7-19/h2-4,11,13H,5-10,19H2,1H3,(H,20,23,24). The second-order valence-corrected chi connectivity index (χ2v) is 5.97. The summed E-state index contributed by atoms with van der Waals surface area (Å²) in [6.07, 6.45) is 0.924. The molecule has 2 rings (SSSR count). The number of piperidine rings is 1. The summed E-state index contributed by atoms with van der Waals surface area (Å²) in [6, 6.07) is 3.87. The van der Waals surface area contributed by atoms with E-state index in [9.17, 15) is 19.2 Å². The van der Waals surface area contributed by atoms with E-state index in [0.717, 1.165) is 0 Å². The van der Waals surface area contributed by atoms with Gasteiger partial charge in [0, 0.05) is 25.6 Å². The molecule has 0 radical (unpaired) electrons. The Kier molecular flexibility index (Phi) is 7.44. The van der Waals surface area contributed by atoms with Crippen LogP contribution in [-0.4, -0.2) is 68.4 Å². The molecule has 0 bridgehead atoms. The first-order valence-corrected chi connectivity index (χ1v) is 8.59. The smallest absolute Gasteiger partial charge is 0.258 e. The number of nitrogens with zero attached hydrogens (tertiary/aromatic N) is 1. The molecule has 1 aliphatic rings. The Morgan fingerprint density at radius 2 is 2.11 bits per heavy atom. The van der Waals surface area contributed by atoms with Gasteiger partial charge in [0.15, 0.2) is 6.29 Å². The van der Waals surface area contributed by atoms with Gasteiger partial charge in [-0.3, -0.25) is 24.5 Å². The first kappa shape index (κ1) is 20.5. The third-order valence-electron chi connectivity index (χ3n) is 4.14. The molecule has 3 amide bonds. The van der Waals surface area contributed by atoms with Gasteiger partial charge in [0.05, 0.1) is 18.8 Å². The predicted molar refractivity (Wildman–Crippen MR) is 95.5 cm³/mol. The molecule has 9 heteroatoms. The number of carbonyl (C=O) groups is 4. The molecule has 0 aromatic heterocycles. The number of carbonyl (C=O) groups excluding carboxylic acids is 4. The van der Waals surface area contributed by atoms with E-state index < -0.39 is 17.9 Å². The Balaban J connectivity index is 2.18. The van der Waals surface area contributed by atoms with Crippen LogP contribution in [0.4, 0.5) is 0 Å². The number of likely N-dealkylation sites (N-methyl/N-ethyl adjacent to an activating group) is 1. The van der Waals surface area contributed by atoms with Crippen LogP contribution in [0.2, 0.25) is 0 Å². The summed E-state index contributed by atoms with van der Waals surface area (Å²) in [6.45, 7) is 1.23. The normalized spacial score (nSPS) is 16.6. The quantitative estimate of drug-likeness (QED) is 0.344. The maximum atomic E-state index is 13.0. The number of benzene rings is 1. The molecular weight excluding hydrogens is 354 g/mol. The van der Waals surface area contributed by atoms with Crippen molar-refractivity contribution in [2.45, 2.75) is 18.9 Å². The summed E-state index contributed by atoms with van der Waals surface area (Å²) in [7, 11) is 1.46. The van der Waals surface area contributed by atoms with Crippen molar-refractivity contribution in [1.82, 2.24) is 10.2 Å². The maximum absolute atomic E-state index is 13.0. The number of rotatable bonds is 9. The number of hydrogen-bond acceptors (Lipinski definition) is 7. The summed E-state index contributed by atoms with van der Waals surface area (Å²) >= 11 is 0. The van der Waals surface area contributed by atoms with Crippen molar-refractivity contribution in [3.8, 4) is 5.75 Å². The highest BCUT2D eigenvalue weighted by atomic mass is 16.5. The summed E-state index contributed by atoms with van der Waals surface area (Å²) in [5, 5.41) is 2.21. The van der Waals surface area contributed by atoms with Crippen molar-refractivity contribution in [2.24, 2.45) is 5.73 Å². The number of aldehydes is 1. The van der Waals surface area contributed by atoms with E-state index in [2.05, 4.69) is 5.32 Å². The second kappa shape index (κ2) is 9.79. The minimum atomic E-state index is -0.796. The van der Waals surface area contributed by atoms with Crippen molar-refractivity contribution < 1.29 is 28.7 Å². The summed E-state index contributed by atoms with van der Waals surface area (Å²) in [5.74, 6) is -1.22. The van der Waals surface area contributed by atoms with Gasteiger partial charge in [0.2, 0.25) is 11.8 Å². The molecule has 0 aliphatic carbocycles. The average Bonchev–Trinajstić information content (AvgIpc) is 2.66. The molecule has 1 atom stereocenters. The van der Waals surface area contributed by atoms with Crippen molar-refractivity contribution in [2.75, 3.05) is 33.4 Å². The molecule has 1 fully saturated rings. The van der Waals surface area contributed by atoms with Crippen LogP contribution in [0.5, 0.6) is 5.75 Å². The fourth-order valence-electron chi connectivity index (χ4n) is 2.76. The van der Waals surface area contributed by atoms with Crippen molar-refractivity contribution >= 4 is 24.0 Å². The second-order valence-electron chi connectivity index (χ2n) is 5.97. The molecule has 27 heavy (non-hydrogen) atoms. The van der Waals surface area contributed by atoms with Crippen LogP contribution in [0.1, 0.15) is 33.6 Å². The summed E-state index contributed by atoms with van der Waals surface area (Å²) in [5.41, 5.74) is 5.56. The van der Waals surface area contributed by atoms with Gasteiger partial charge in [-0.1, -0.05) is 12.1 Å². The first-order valence-electron chi connectivity index (χ1n) is 8.59. The van der Waals surface area contributed by atoms with E-state index in [4.69, 9.17) is 15.2 Å². The molecule has 1 saturated heterocycles. The van der Waals surface area contributed by atoms with Crippen LogP contribution in [0.15, 0.2) is 18.2 Å². The minimum absolute atomic E-state index is 0.0681. The van der Waals surface area contributed by atoms with Crippen LogP contribution < -0.4 is 15.8 Å². The van der Waals surface area contributed by atoms with Gasteiger partial charge in [0.1, 0.15) is 18.4 Å². The Bertz CT molecular complexity index is 721. The summed E-state index contributed by atoms with van der Waals surface area (Å²) < 4.78 is 10.8. The van der Waals surface area contributed by atoms with Crippen LogP contribution in [0.3, 0.4) is 0 Å². The number of nitrogens with two attached hydrogens (primary N) is 1. The highest BCUT2D eigenvalue weighted by Crippen LogP contribution is 2.25. The minimum Gasteiger partial charge on any atom is -0.490 e. The molecule has 1 heterocycles. The van der Waals surface area contributed by atoms with Gasteiger partial charge in [-0.25, -0.2) is 0 Å². The monoisotopic (exact) mass is 377 g/mol. The van der Waals surface area contributed by atoms with E-state index in [1.54, 1.807) is 12.1 Å². The van der Waals surface area contributed by atoms with Gasteiger partial charge >= 0.3 is 0 Å². The number of ether oxygens (including phenoxy) is 2. The zero-order valence-corrected chi connectivity index (χ0v) is 15.1. The number of nitrogens with one attached hydrogen (secondary N) is 1. The predicted octanol–water partition coefficient (Wildman–Crippen LogP) is -0.270. The van der Waals surface area contributed by atoms with Crippen molar-refractivity contribution in [3.05, 3.63) is 29.3 Å². The topological polar surface area (TPSA) is 128 Å². The third-order valence-corrected chi connectivity index (χ3v) is 4.14. The Morgan fingerprint density at radius 1 is 1.33 bits per heavy atom. The molecule has 146 valence electrons. The molecule has 1 unspecified atom stereocenters. The highest BCUT2D eigenvalue weighted by molar-refractivity contribution is 6.07. The Morgan fingerprint density at radius 3 is 2.78 bits per heavy atom. The zero-order valence-electron chi connectivity index (χ0n) is 15.1. The molecule has 1 aromatic carbocycles. The number of amides is 3. The molecule has 0 spiro atoms. The van der Waals surface area contributed by atoms with E-state index in [0.29, 0.717) is 19.4 Å². The van der Waals surface area contributed by atoms with Gasteiger partial charge in [-0.05, 0) is 12.5 Å². The summed E-state index contributed by atoms with van der Waals surface area (Å²) in [4.78, 5) is 49.0. The van der Waals surface area contributed by atoms with Crippen LogP contribution >= 0.6 is 0 Å². The molecular formula is C18H23N3O6. The molecule has 9 nitrogen and oxygen atoms in total. The molecule has 1 aromatic rings. The first-order chi connectivity index (χ1) is 13.0. The molecule has 3 N–H and O–H groups in total. The maximum Gasteiger partial charge on any atom is 0.258 e. The van der Waals surface area contributed by atoms with Gasteiger partial charge < -0.3 is 20.1 Å². The largest absolute Gasteiger partial charge is 0.490 e. The van der Waals surface area contributed by atoms with Crippen LogP contribution in [0, 0.1) is 0 Å². The van der Waals surface area contributed by atoms with Gasteiger partial charge in [-0.15, -0.1) is 0 Å². The molecule has 0 saturated carbocycles. The lowest BCUT2D eigenvalue weighted by atomic mass is 10.0. The fraction of sp³-hybridized carbons (Fsp3) is 0.444. The lowest BCUT2D eigenvalue weighted by Crippen LogP contribution is -2.53. The van der Waals surface area contributed by atoms with E-state index in [1.165, 1.54) is 18.0 Å². The third kappa shape index (κ3) is 5.11. The lowest BCUT2D eigenvalue weighted by molar-refractivity contribution is -0.136. The zero-order chi connectivity index (χ0) is 19.8. The van der Waals surface area contributed by atoms with Gasteiger partial charge in [0.25, 0.3) is 5.91 Å². The highest BCUT2D eigenvalue weighted by Gasteiger charge is 2.34. The van der Waals surface area contributed by atoms with Crippen LogP contribution in [0.25, 0.3) is 0 Å². The lowest BCUT2D eigenvalue weighted by Gasteiger charge is -2.30. The van der Waals surface area contributed by atoms with E-state index in [1.807, 2.05) is 0 Å². The van der Waals surface area contributed by atoms with E-state index in [-0.39, 0.29) is 48.8 Å². The van der Waals surface area contributed by atoms with Crippen LogP contribution in [-0.2, 0) is 14.3 Å². The Labute approximate surface area is 156 Å². The molecule has 1 aliphatic heterocycles. The number of hydrogen-bond donors (Lipinski definition) is 2. The van der Waals surface area contributed by atoms with Gasteiger partial charge in [-0.2, -0.15) is 0 Å². The SMILES string of the molecule is CN(C(=O)c1c(C=O)cccc1OCCOCCN)C1CCC(=O)NC1=O. The average molecular weight is 377 g/mol. The Hall–Kier alpha value is -2.78. The van der Waals surface area contributed by atoms with Crippen molar-refractivity contribution in [1.29, 1.82) is 0 Å². The van der Waals surface area contributed by atoms with Crippen molar-refractivity contribution in [3.63, 3.8) is 0 Å². The van der Waals surface area contributed by atoms with E-state index >= 15 is 0 Å².